The maximum atomic E-state index is 11.8. The molecule has 4 saturated carbocycles. The average molecular weight is 473 g/mol. The lowest BCUT2D eigenvalue weighted by Crippen LogP contribution is -2.60. The molecular weight excluding hydrogens is 432 g/mol. The number of aliphatic carboxylic acids is 1. The molecule has 4 N–H and O–H groups in total. The van der Waals surface area contributed by atoms with Crippen LogP contribution in [0.15, 0.2) is 0 Å². The van der Waals surface area contributed by atoms with Crippen molar-refractivity contribution in [3.8, 4) is 0 Å². The molecular formula is C24H40O7S. The molecule has 0 aromatic carbocycles. The molecule has 184 valence electrons. The molecule has 4 aliphatic rings. The van der Waals surface area contributed by atoms with Gasteiger partial charge in [-0.05, 0) is 104 Å². The average Bonchev–Trinajstić information content (AvgIpc) is 3.05. The van der Waals surface area contributed by atoms with E-state index in [-0.39, 0.29) is 47.8 Å². The molecule has 32 heavy (non-hydrogen) atoms. The van der Waals surface area contributed by atoms with Gasteiger partial charge in [0.05, 0.1) is 6.10 Å². The van der Waals surface area contributed by atoms with Crippen LogP contribution < -0.4 is 0 Å². The summed E-state index contributed by atoms with van der Waals surface area (Å²) in [6, 6.07) is 0. The third-order valence-electron chi connectivity index (χ3n) is 10.8. The van der Waals surface area contributed by atoms with Crippen LogP contribution in [-0.2, 0) is 14.9 Å². The summed E-state index contributed by atoms with van der Waals surface area (Å²) in [5.41, 5.74) is -0.374. The lowest BCUT2D eigenvalue weighted by molar-refractivity contribution is -0.178. The van der Waals surface area contributed by atoms with Crippen molar-refractivity contribution >= 4 is 16.1 Å². The normalized spacial score (nSPS) is 49.6. The number of hydrogen-bond donors (Lipinski definition) is 4. The molecule has 0 bridgehead atoms. The van der Waals surface area contributed by atoms with E-state index in [1.165, 1.54) is 0 Å². The highest BCUT2D eigenvalue weighted by atomic mass is 32.2. The van der Waals surface area contributed by atoms with Gasteiger partial charge in [-0.1, -0.05) is 20.8 Å². The number of hydrogen-bond acceptors (Lipinski definition) is 5. The van der Waals surface area contributed by atoms with Gasteiger partial charge in [0.1, 0.15) is 0 Å². The number of carboxylic acids is 1. The van der Waals surface area contributed by atoms with Crippen LogP contribution in [0.2, 0.25) is 0 Å². The summed E-state index contributed by atoms with van der Waals surface area (Å²) in [7, 11) is -4.53. The van der Waals surface area contributed by atoms with E-state index in [4.69, 9.17) is 5.11 Å². The number of aliphatic hydroxyl groups excluding tert-OH is 1. The van der Waals surface area contributed by atoms with Gasteiger partial charge in [-0.2, -0.15) is 8.42 Å². The predicted molar refractivity (Wildman–Crippen MR) is 119 cm³/mol. The second-order valence-corrected chi connectivity index (χ2v) is 13.7. The molecule has 4 fully saturated rings. The first kappa shape index (κ1) is 24.4. The lowest BCUT2D eigenvalue weighted by atomic mass is 9.43. The van der Waals surface area contributed by atoms with E-state index >= 15 is 0 Å². The lowest BCUT2D eigenvalue weighted by Gasteiger charge is -2.63. The van der Waals surface area contributed by atoms with Gasteiger partial charge >= 0.3 is 5.97 Å². The highest BCUT2D eigenvalue weighted by Crippen LogP contribution is 2.69. The van der Waals surface area contributed by atoms with E-state index in [0.717, 1.165) is 25.7 Å². The van der Waals surface area contributed by atoms with E-state index in [0.29, 0.717) is 37.0 Å². The van der Waals surface area contributed by atoms with E-state index in [9.17, 15) is 28.0 Å². The molecule has 10 atom stereocenters. The topological polar surface area (TPSA) is 132 Å². The minimum Gasteiger partial charge on any atom is -0.481 e. The van der Waals surface area contributed by atoms with E-state index in [1.807, 2.05) is 0 Å². The van der Waals surface area contributed by atoms with Crippen LogP contribution in [0.25, 0.3) is 0 Å². The minimum atomic E-state index is -4.53. The van der Waals surface area contributed by atoms with Gasteiger partial charge in [0.25, 0.3) is 10.1 Å². The molecule has 0 radical (unpaired) electrons. The van der Waals surface area contributed by atoms with Crippen LogP contribution in [-0.4, -0.2) is 45.3 Å². The van der Waals surface area contributed by atoms with Gasteiger partial charge in [-0.3, -0.25) is 9.35 Å². The van der Waals surface area contributed by atoms with Crippen molar-refractivity contribution in [1.82, 2.24) is 0 Å². The Hall–Kier alpha value is -0.700. The van der Waals surface area contributed by atoms with Crippen LogP contribution in [0.5, 0.6) is 0 Å². The van der Waals surface area contributed by atoms with Gasteiger partial charge in [0, 0.05) is 6.42 Å². The first-order valence-corrected chi connectivity index (χ1v) is 13.8. The molecule has 0 spiro atoms. The van der Waals surface area contributed by atoms with Crippen molar-refractivity contribution in [2.75, 3.05) is 0 Å². The van der Waals surface area contributed by atoms with Crippen molar-refractivity contribution < 1.29 is 33.1 Å². The molecule has 0 aliphatic heterocycles. The molecule has 0 heterocycles. The monoisotopic (exact) mass is 472 g/mol. The highest BCUT2D eigenvalue weighted by Gasteiger charge is 2.65. The van der Waals surface area contributed by atoms with Gasteiger partial charge < -0.3 is 15.3 Å². The first-order valence-electron chi connectivity index (χ1n) is 12.3. The number of rotatable bonds is 5. The van der Waals surface area contributed by atoms with E-state index < -0.39 is 27.1 Å². The van der Waals surface area contributed by atoms with Crippen LogP contribution in [0, 0.1) is 46.3 Å². The Balaban J connectivity index is 1.57. The Morgan fingerprint density at radius 2 is 1.78 bits per heavy atom. The molecule has 7 nitrogen and oxygen atoms in total. The summed E-state index contributed by atoms with van der Waals surface area (Å²) in [4.78, 5) is 9.04. The predicted octanol–water partition coefficient (Wildman–Crippen LogP) is 3.69. The molecule has 0 aromatic heterocycles. The minimum absolute atomic E-state index is 0.00710. The van der Waals surface area contributed by atoms with Gasteiger partial charge in [0.2, 0.25) is 0 Å². The quantitative estimate of drug-likeness (QED) is 0.449. The number of carboxylic acid groups (broad SMARTS) is 1. The second kappa shape index (κ2) is 7.92. The fraction of sp³-hybridized carbons (Fsp3) is 0.958. The number of carbonyl (C=O) groups is 1. The largest absolute Gasteiger partial charge is 0.481 e. The molecule has 8 heteroatoms. The van der Waals surface area contributed by atoms with Gasteiger partial charge in [0.15, 0.2) is 4.93 Å². The van der Waals surface area contributed by atoms with Crippen molar-refractivity contribution in [3.05, 3.63) is 0 Å². The maximum Gasteiger partial charge on any atom is 0.303 e. The van der Waals surface area contributed by atoms with Crippen molar-refractivity contribution in [1.29, 1.82) is 0 Å². The third kappa shape index (κ3) is 3.55. The summed E-state index contributed by atoms with van der Waals surface area (Å²) < 4.78 is 33.3. The molecule has 0 saturated heterocycles. The fourth-order valence-corrected chi connectivity index (χ4v) is 9.69. The smallest absolute Gasteiger partial charge is 0.303 e. The van der Waals surface area contributed by atoms with Crippen molar-refractivity contribution in [2.45, 2.75) is 96.0 Å². The summed E-state index contributed by atoms with van der Waals surface area (Å²) in [6.07, 6.45) is 5.50. The van der Waals surface area contributed by atoms with Crippen LogP contribution in [0.3, 0.4) is 0 Å². The Morgan fingerprint density at radius 3 is 2.41 bits per heavy atom. The standard InChI is InChI=1S/C24H40O7S/c1-14(4-9-21(26)27)17-7-8-18-16-6-5-15-13-24(28,32(29,30)31)11-10-22(15,2)19(16)12-20(25)23(17,18)3/h14-20,25,28H,4-13H2,1-3H3,(H,26,27)(H,29,30,31)/t14-,15-,16+,17-,18+,19+,20+,22+,23-,24+/m1/s1. The Morgan fingerprint density at radius 1 is 1.09 bits per heavy atom. The Labute approximate surface area is 191 Å². The van der Waals surface area contributed by atoms with E-state index in [1.54, 1.807) is 0 Å². The number of fused-ring (bicyclic) bond motifs is 5. The molecule has 0 aromatic rings. The van der Waals surface area contributed by atoms with Crippen LogP contribution >= 0.6 is 0 Å². The van der Waals surface area contributed by atoms with Gasteiger partial charge in [-0.25, -0.2) is 0 Å². The van der Waals surface area contributed by atoms with Gasteiger partial charge in [-0.15, -0.1) is 0 Å². The first-order chi connectivity index (χ1) is 14.7. The Bertz CT molecular complexity index is 858. The summed E-state index contributed by atoms with van der Waals surface area (Å²) in [6.45, 7) is 6.56. The third-order valence-corrected chi connectivity index (χ3v) is 12.2. The highest BCUT2D eigenvalue weighted by molar-refractivity contribution is 7.87. The zero-order valence-electron chi connectivity index (χ0n) is 19.5. The molecule has 4 aliphatic carbocycles. The number of aliphatic hydroxyl groups is 2. The SMILES string of the molecule is C[C@H](CCC(=O)O)[C@H]1CC[C@H]2[C@@H]3CC[C@@H]4C[C@@](O)(S(=O)(=O)O)CC[C@]4(C)[C@H]3C[C@H](O)[C@]12C. The zero-order chi connectivity index (χ0) is 23.7. The molecule has 0 unspecified atom stereocenters. The second-order valence-electron chi connectivity index (χ2n) is 12.0. The fourth-order valence-electron chi connectivity index (χ4n) is 8.92. The van der Waals surface area contributed by atoms with Crippen LogP contribution in [0.4, 0.5) is 0 Å². The summed E-state index contributed by atoms with van der Waals surface area (Å²) >= 11 is 0. The van der Waals surface area contributed by atoms with Crippen molar-refractivity contribution in [2.24, 2.45) is 46.3 Å². The maximum absolute atomic E-state index is 11.8. The zero-order valence-corrected chi connectivity index (χ0v) is 20.4. The Kier molecular flexibility index (Phi) is 6.05. The van der Waals surface area contributed by atoms with Crippen LogP contribution in [0.1, 0.15) is 85.0 Å². The van der Waals surface area contributed by atoms with E-state index in [2.05, 4.69) is 20.8 Å². The van der Waals surface area contributed by atoms with Crippen molar-refractivity contribution in [3.63, 3.8) is 0 Å². The molecule has 4 rings (SSSR count). The summed E-state index contributed by atoms with van der Waals surface area (Å²) in [5.74, 6) is 0.908. The molecule has 0 amide bonds. The summed E-state index contributed by atoms with van der Waals surface area (Å²) in [5, 5.41) is 31.3.